The van der Waals surface area contributed by atoms with Gasteiger partial charge in [-0.2, -0.15) is 0 Å². The Morgan fingerprint density at radius 2 is 2.06 bits per heavy atom. The maximum Gasteiger partial charge on any atom is 0.276 e. The number of pyridine rings is 1. The zero-order valence-corrected chi connectivity index (χ0v) is 10.8. The first-order chi connectivity index (χ1) is 8.24. The molecular weight excluding hydrogens is 232 g/mol. The minimum absolute atomic E-state index is 0.0333. The van der Waals surface area contributed by atoms with Gasteiger partial charge in [0.1, 0.15) is 5.75 Å². The van der Waals surface area contributed by atoms with E-state index in [-0.39, 0.29) is 29.3 Å². The number of nitrogens with zero attached hydrogens (tertiary/aromatic N) is 2. The predicted octanol–water partition coefficient (Wildman–Crippen LogP) is 1.02. The molecule has 5 heteroatoms. The Morgan fingerprint density at radius 1 is 1.39 bits per heavy atom. The molecule has 0 saturated carbocycles. The molecule has 1 aliphatic rings. The smallest absolute Gasteiger partial charge is 0.276 e. The minimum Gasteiger partial charge on any atom is -0.505 e. The van der Waals surface area contributed by atoms with Crippen molar-refractivity contribution in [3.8, 4) is 5.75 Å². The van der Waals surface area contributed by atoms with Crippen LogP contribution in [0.25, 0.3) is 0 Å². The molecule has 5 nitrogen and oxygen atoms in total. The van der Waals surface area contributed by atoms with Gasteiger partial charge in [0.15, 0.2) is 5.69 Å². The van der Waals surface area contributed by atoms with Gasteiger partial charge >= 0.3 is 0 Å². The van der Waals surface area contributed by atoms with E-state index in [1.54, 1.807) is 13.0 Å². The Kier molecular flexibility index (Phi) is 2.81. The summed E-state index contributed by atoms with van der Waals surface area (Å²) in [5.41, 5.74) is -1.29. The Balaban J connectivity index is 2.26. The second kappa shape index (κ2) is 3.95. The van der Waals surface area contributed by atoms with Crippen molar-refractivity contribution in [1.82, 2.24) is 9.88 Å². The van der Waals surface area contributed by atoms with Crippen molar-refractivity contribution >= 4 is 5.91 Å². The van der Waals surface area contributed by atoms with Gasteiger partial charge in [-0.3, -0.25) is 4.79 Å². The van der Waals surface area contributed by atoms with Crippen LogP contribution in [0, 0.1) is 5.41 Å². The quantitative estimate of drug-likeness (QED) is 0.780. The van der Waals surface area contributed by atoms with Gasteiger partial charge in [0.25, 0.3) is 5.91 Å². The third kappa shape index (κ3) is 1.95. The van der Waals surface area contributed by atoms with Gasteiger partial charge in [-0.05, 0) is 19.1 Å². The van der Waals surface area contributed by atoms with Gasteiger partial charge in [0, 0.05) is 18.2 Å². The summed E-state index contributed by atoms with van der Waals surface area (Å²) in [5, 5.41) is 19.9. The van der Waals surface area contributed by atoms with Crippen LogP contribution in [0.15, 0.2) is 18.3 Å². The molecule has 2 N–H and O–H groups in total. The fourth-order valence-electron chi connectivity index (χ4n) is 2.14. The largest absolute Gasteiger partial charge is 0.505 e. The van der Waals surface area contributed by atoms with E-state index in [0.717, 1.165) is 0 Å². The molecule has 0 bridgehead atoms. The van der Waals surface area contributed by atoms with Crippen LogP contribution in [0.5, 0.6) is 5.75 Å². The highest BCUT2D eigenvalue weighted by Gasteiger charge is 2.49. The molecule has 98 valence electrons. The second-order valence-corrected chi connectivity index (χ2v) is 5.69. The van der Waals surface area contributed by atoms with Crippen LogP contribution in [-0.4, -0.2) is 44.7 Å². The fourth-order valence-corrected chi connectivity index (χ4v) is 2.14. The van der Waals surface area contributed by atoms with E-state index in [9.17, 15) is 15.0 Å². The molecule has 0 radical (unpaired) electrons. The van der Waals surface area contributed by atoms with Crippen LogP contribution in [0.4, 0.5) is 0 Å². The van der Waals surface area contributed by atoms with Crippen molar-refractivity contribution in [2.24, 2.45) is 5.41 Å². The lowest BCUT2D eigenvalue weighted by Gasteiger charge is -2.30. The highest BCUT2D eigenvalue weighted by Crippen LogP contribution is 2.39. The highest BCUT2D eigenvalue weighted by atomic mass is 16.3. The van der Waals surface area contributed by atoms with Crippen molar-refractivity contribution in [2.75, 3.05) is 13.1 Å². The zero-order valence-electron chi connectivity index (χ0n) is 10.8. The Morgan fingerprint density at radius 3 is 2.56 bits per heavy atom. The van der Waals surface area contributed by atoms with E-state index in [1.165, 1.54) is 17.2 Å². The first kappa shape index (κ1) is 12.8. The molecule has 1 saturated heterocycles. The number of aromatic hydroxyl groups is 1. The van der Waals surface area contributed by atoms with Crippen molar-refractivity contribution in [1.29, 1.82) is 0 Å². The van der Waals surface area contributed by atoms with E-state index < -0.39 is 5.60 Å². The van der Waals surface area contributed by atoms with Gasteiger partial charge in [-0.1, -0.05) is 13.8 Å². The summed E-state index contributed by atoms with van der Waals surface area (Å²) in [7, 11) is 0. The molecule has 0 aromatic carbocycles. The number of β-amino-alcohol motifs (C(OH)–C–C–N with tert-alkyl or cyclic N) is 1. The van der Waals surface area contributed by atoms with Gasteiger partial charge in [0.2, 0.25) is 0 Å². The molecule has 18 heavy (non-hydrogen) atoms. The number of likely N-dealkylation sites (tertiary alicyclic amines) is 1. The summed E-state index contributed by atoms with van der Waals surface area (Å²) in [6.45, 7) is 6.24. The van der Waals surface area contributed by atoms with Crippen LogP contribution in [0.1, 0.15) is 31.3 Å². The van der Waals surface area contributed by atoms with Crippen LogP contribution >= 0.6 is 0 Å². The third-order valence-electron chi connectivity index (χ3n) is 3.82. The second-order valence-electron chi connectivity index (χ2n) is 5.69. The lowest BCUT2D eigenvalue weighted by molar-refractivity contribution is -0.0108. The zero-order chi connectivity index (χ0) is 13.6. The van der Waals surface area contributed by atoms with Crippen molar-refractivity contribution in [3.63, 3.8) is 0 Å². The number of carbonyl (C=O) groups excluding carboxylic acids is 1. The SMILES string of the molecule is CC1(C)CN(C(=O)c2ncccc2O)C[C@@]1(C)O. The maximum absolute atomic E-state index is 12.2. The Hall–Kier alpha value is -1.62. The van der Waals surface area contributed by atoms with Crippen molar-refractivity contribution in [2.45, 2.75) is 26.4 Å². The van der Waals surface area contributed by atoms with Gasteiger partial charge in [-0.25, -0.2) is 4.98 Å². The average molecular weight is 250 g/mol. The molecule has 1 aromatic heterocycles. The molecule has 0 unspecified atom stereocenters. The molecule has 1 aromatic rings. The number of hydrogen-bond donors (Lipinski definition) is 2. The summed E-state index contributed by atoms with van der Waals surface area (Å²) >= 11 is 0. The normalized spacial score (nSPS) is 26.3. The standard InChI is InChI=1S/C13H18N2O3/c1-12(2)7-15(8-13(12,3)18)11(17)10-9(16)5-4-6-14-10/h4-6,16,18H,7-8H2,1-3H3/t13-/m1/s1. The predicted molar refractivity (Wildman–Crippen MR) is 66.2 cm³/mol. The molecule has 0 spiro atoms. The van der Waals surface area contributed by atoms with Gasteiger partial charge in [0.05, 0.1) is 12.1 Å². The molecule has 1 fully saturated rings. The summed E-state index contributed by atoms with van der Waals surface area (Å²) < 4.78 is 0. The number of amides is 1. The van der Waals surface area contributed by atoms with Crippen LogP contribution < -0.4 is 0 Å². The van der Waals surface area contributed by atoms with Gasteiger partial charge in [-0.15, -0.1) is 0 Å². The van der Waals surface area contributed by atoms with E-state index in [2.05, 4.69) is 4.98 Å². The van der Waals surface area contributed by atoms with Crippen molar-refractivity contribution in [3.05, 3.63) is 24.0 Å². The van der Waals surface area contributed by atoms with Crippen molar-refractivity contribution < 1.29 is 15.0 Å². The number of carbonyl (C=O) groups is 1. The molecule has 1 atom stereocenters. The third-order valence-corrected chi connectivity index (χ3v) is 3.82. The highest BCUT2D eigenvalue weighted by molar-refractivity contribution is 5.95. The molecule has 2 rings (SSSR count). The molecule has 1 amide bonds. The van der Waals surface area contributed by atoms with E-state index in [1.807, 2.05) is 13.8 Å². The van der Waals surface area contributed by atoms with Crippen LogP contribution in [-0.2, 0) is 0 Å². The van der Waals surface area contributed by atoms with Gasteiger partial charge < -0.3 is 15.1 Å². The summed E-state index contributed by atoms with van der Waals surface area (Å²) in [6, 6.07) is 3.00. The monoisotopic (exact) mass is 250 g/mol. The number of hydrogen-bond acceptors (Lipinski definition) is 4. The van der Waals surface area contributed by atoms with E-state index in [0.29, 0.717) is 6.54 Å². The first-order valence-electron chi connectivity index (χ1n) is 5.90. The summed E-state index contributed by atoms with van der Waals surface area (Å²) in [4.78, 5) is 17.7. The maximum atomic E-state index is 12.2. The average Bonchev–Trinajstić information content (AvgIpc) is 2.48. The first-order valence-corrected chi connectivity index (χ1v) is 5.90. The number of rotatable bonds is 1. The van der Waals surface area contributed by atoms with E-state index >= 15 is 0 Å². The Bertz CT molecular complexity index is 467. The topological polar surface area (TPSA) is 73.7 Å². The minimum atomic E-state index is -0.937. The molecule has 1 aliphatic heterocycles. The van der Waals surface area contributed by atoms with E-state index in [4.69, 9.17) is 0 Å². The lowest BCUT2D eigenvalue weighted by Crippen LogP contribution is -2.40. The molecule has 0 aliphatic carbocycles. The molecule has 2 heterocycles. The summed E-state index contributed by atoms with van der Waals surface area (Å²) in [6.07, 6.45) is 1.46. The molecular formula is C13H18N2O3. The lowest BCUT2D eigenvalue weighted by atomic mass is 9.79. The summed E-state index contributed by atoms with van der Waals surface area (Å²) in [5.74, 6) is -0.481. The van der Waals surface area contributed by atoms with Crippen LogP contribution in [0.3, 0.4) is 0 Å². The fraction of sp³-hybridized carbons (Fsp3) is 0.538. The van der Waals surface area contributed by atoms with Crippen LogP contribution in [0.2, 0.25) is 0 Å². The number of aliphatic hydroxyl groups is 1. The Labute approximate surface area is 106 Å². The number of aromatic nitrogens is 1.